The summed E-state index contributed by atoms with van der Waals surface area (Å²) in [6.45, 7) is 5.17. The molecule has 0 spiro atoms. The number of hydrogen-bond acceptors (Lipinski definition) is 2. The van der Waals surface area contributed by atoms with Gasteiger partial charge < -0.3 is 5.32 Å². The van der Waals surface area contributed by atoms with Gasteiger partial charge in [0.05, 0.1) is 0 Å². The van der Waals surface area contributed by atoms with E-state index in [0.717, 1.165) is 6.04 Å². The van der Waals surface area contributed by atoms with E-state index in [0.29, 0.717) is 0 Å². The maximum atomic E-state index is 3.42. The minimum Gasteiger partial charge on any atom is -0.317 e. The molecule has 0 radical (unpaired) electrons. The molecule has 2 heterocycles. The van der Waals surface area contributed by atoms with Gasteiger partial charge in [-0.2, -0.15) is 0 Å². The molecule has 0 bridgehead atoms. The van der Waals surface area contributed by atoms with Gasteiger partial charge in [0.1, 0.15) is 0 Å². The molecule has 52 valence electrons. The van der Waals surface area contributed by atoms with Gasteiger partial charge in [0, 0.05) is 12.6 Å². The molecule has 2 rings (SSSR count). The van der Waals surface area contributed by atoms with E-state index in [4.69, 9.17) is 0 Å². The fourth-order valence-corrected chi connectivity index (χ4v) is 1.57. The molecule has 0 aromatic rings. The molecule has 2 saturated heterocycles. The third-order valence-corrected chi connectivity index (χ3v) is 2.28. The summed E-state index contributed by atoms with van der Waals surface area (Å²) in [5.74, 6) is 0. The lowest BCUT2D eigenvalue weighted by molar-refractivity contribution is 0.433. The molecule has 0 aliphatic carbocycles. The van der Waals surface area contributed by atoms with Crippen molar-refractivity contribution in [1.29, 1.82) is 0 Å². The number of nitrogens with one attached hydrogen (secondary N) is 1. The van der Waals surface area contributed by atoms with Crippen LogP contribution in [-0.2, 0) is 0 Å². The van der Waals surface area contributed by atoms with Gasteiger partial charge in [-0.3, -0.25) is 4.90 Å². The van der Waals surface area contributed by atoms with Crippen molar-refractivity contribution in [3.05, 3.63) is 0 Å². The van der Waals surface area contributed by atoms with Gasteiger partial charge >= 0.3 is 0 Å². The molecule has 0 amide bonds. The van der Waals surface area contributed by atoms with Crippen molar-refractivity contribution in [3.8, 4) is 0 Å². The smallest absolute Gasteiger partial charge is 0.0236 e. The van der Waals surface area contributed by atoms with E-state index in [-0.39, 0.29) is 0 Å². The van der Waals surface area contributed by atoms with Crippen LogP contribution in [0, 0.1) is 0 Å². The van der Waals surface area contributed by atoms with Crippen LogP contribution in [0.25, 0.3) is 0 Å². The second-order valence-electron chi connectivity index (χ2n) is 3.04. The van der Waals surface area contributed by atoms with Crippen molar-refractivity contribution in [1.82, 2.24) is 10.2 Å². The average Bonchev–Trinajstić information content (AvgIpc) is 2.46. The highest BCUT2D eigenvalue weighted by Gasteiger charge is 2.32. The molecule has 9 heavy (non-hydrogen) atoms. The highest BCUT2D eigenvalue weighted by atomic mass is 15.3. The Morgan fingerprint density at radius 1 is 1.33 bits per heavy atom. The summed E-state index contributed by atoms with van der Waals surface area (Å²) in [5, 5.41) is 3.42. The summed E-state index contributed by atoms with van der Waals surface area (Å²) in [6.07, 6.45) is 2.72. The molecular weight excluding hydrogens is 112 g/mol. The van der Waals surface area contributed by atoms with Gasteiger partial charge in [0.25, 0.3) is 0 Å². The highest BCUT2D eigenvalue weighted by Crippen LogP contribution is 2.20. The van der Waals surface area contributed by atoms with E-state index < -0.39 is 0 Å². The Balaban J connectivity index is 1.81. The lowest BCUT2D eigenvalue weighted by atomic mass is 10.3. The number of fused-ring (bicyclic) bond motifs is 1. The number of hydrogen-bond donors (Lipinski definition) is 1. The van der Waals surface area contributed by atoms with Crippen LogP contribution >= 0.6 is 0 Å². The molecule has 2 aliphatic rings. The lowest BCUT2D eigenvalue weighted by Crippen LogP contribution is -2.24. The first-order valence-electron chi connectivity index (χ1n) is 3.91. The van der Waals surface area contributed by atoms with Gasteiger partial charge in [-0.1, -0.05) is 0 Å². The predicted octanol–water partition coefficient (Wildman–Crippen LogP) is 0.0540. The topological polar surface area (TPSA) is 15.0 Å². The molecule has 0 saturated carbocycles. The summed E-state index contributed by atoms with van der Waals surface area (Å²) >= 11 is 0. The Kier molecular flexibility index (Phi) is 1.44. The van der Waals surface area contributed by atoms with E-state index in [1.807, 2.05) is 0 Å². The molecule has 2 heteroatoms. The maximum Gasteiger partial charge on any atom is 0.0236 e. The minimum absolute atomic E-state index is 0.956. The Bertz CT molecular complexity index is 91.1. The van der Waals surface area contributed by atoms with Crippen molar-refractivity contribution in [3.63, 3.8) is 0 Å². The lowest BCUT2D eigenvalue weighted by Gasteiger charge is -2.09. The summed E-state index contributed by atoms with van der Waals surface area (Å²) in [4.78, 5) is 2.57. The maximum absolute atomic E-state index is 3.42. The van der Waals surface area contributed by atoms with E-state index in [9.17, 15) is 0 Å². The Morgan fingerprint density at radius 2 is 2.33 bits per heavy atom. The first-order chi connectivity index (χ1) is 4.47. The minimum atomic E-state index is 0.956. The fourth-order valence-electron chi connectivity index (χ4n) is 1.57. The van der Waals surface area contributed by atoms with Gasteiger partial charge in [-0.05, 0) is 32.5 Å². The zero-order valence-corrected chi connectivity index (χ0v) is 5.77. The van der Waals surface area contributed by atoms with E-state index in [1.165, 1.54) is 39.0 Å². The van der Waals surface area contributed by atoms with Crippen LogP contribution in [0.15, 0.2) is 0 Å². The average molecular weight is 126 g/mol. The monoisotopic (exact) mass is 126 g/mol. The second kappa shape index (κ2) is 2.27. The Labute approximate surface area is 56.2 Å². The predicted molar refractivity (Wildman–Crippen MR) is 37.5 cm³/mol. The molecule has 2 fully saturated rings. The van der Waals surface area contributed by atoms with Crippen molar-refractivity contribution in [2.75, 3.05) is 26.2 Å². The zero-order chi connectivity index (χ0) is 6.10. The van der Waals surface area contributed by atoms with Crippen LogP contribution < -0.4 is 5.32 Å². The van der Waals surface area contributed by atoms with Gasteiger partial charge in [0.15, 0.2) is 0 Å². The first kappa shape index (κ1) is 5.69. The third kappa shape index (κ3) is 1.25. The standard InChI is InChI=1S/C7H14N2/c1-3-8-4-2-7-6-9(7)5-1/h7-8H,1-6H2. The quantitative estimate of drug-likeness (QED) is 0.461. The van der Waals surface area contributed by atoms with Crippen molar-refractivity contribution in [2.45, 2.75) is 18.9 Å². The third-order valence-electron chi connectivity index (χ3n) is 2.28. The van der Waals surface area contributed by atoms with Crippen molar-refractivity contribution >= 4 is 0 Å². The van der Waals surface area contributed by atoms with Gasteiger partial charge in [0.2, 0.25) is 0 Å². The van der Waals surface area contributed by atoms with E-state index >= 15 is 0 Å². The molecule has 0 aromatic carbocycles. The molecule has 2 unspecified atom stereocenters. The molecule has 2 atom stereocenters. The van der Waals surface area contributed by atoms with E-state index in [2.05, 4.69) is 10.2 Å². The summed E-state index contributed by atoms with van der Waals surface area (Å²) in [6, 6.07) is 0.956. The molecule has 2 nitrogen and oxygen atoms in total. The van der Waals surface area contributed by atoms with Gasteiger partial charge in [-0.25, -0.2) is 0 Å². The van der Waals surface area contributed by atoms with E-state index in [1.54, 1.807) is 0 Å². The van der Waals surface area contributed by atoms with Crippen LogP contribution in [0.4, 0.5) is 0 Å². The molecule has 1 N–H and O–H groups in total. The summed E-state index contributed by atoms with van der Waals surface area (Å²) in [5.41, 5.74) is 0. The van der Waals surface area contributed by atoms with Crippen LogP contribution in [0.2, 0.25) is 0 Å². The van der Waals surface area contributed by atoms with Crippen LogP contribution in [-0.4, -0.2) is 37.1 Å². The van der Waals surface area contributed by atoms with Crippen LogP contribution in [0.5, 0.6) is 0 Å². The van der Waals surface area contributed by atoms with Crippen molar-refractivity contribution in [2.24, 2.45) is 0 Å². The van der Waals surface area contributed by atoms with Crippen LogP contribution in [0.1, 0.15) is 12.8 Å². The zero-order valence-electron chi connectivity index (χ0n) is 5.77. The van der Waals surface area contributed by atoms with Gasteiger partial charge in [-0.15, -0.1) is 0 Å². The Morgan fingerprint density at radius 3 is 3.33 bits per heavy atom. The highest BCUT2D eigenvalue weighted by molar-refractivity contribution is 4.90. The van der Waals surface area contributed by atoms with Crippen LogP contribution in [0.3, 0.4) is 0 Å². The molecular formula is C7H14N2. The summed E-state index contributed by atoms with van der Waals surface area (Å²) in [7, 11) is 0. The fraction of sp³-hybridized carbons (Fsp3) is 1.00. The molecule has 2 aliphatic heterocycles. The summed E-state index contributed by atoms with van der Waals surface area (Å²) < 4.78 is 0. The Hall–Kier alpha value is -0.0800. The SMILES string of the molecule is C1CNCCC2CN2C1. The van der Waals surface area contributed by atoms with Crippen molar-refractivity contribution < 1.29 is 0 Å². The second-order valence-corrected chi connectivity index (χ2v) is 3.04. The first-order valence-corrected chi connectivity index (χ1v) is 3.91. The number of rotatable bonds is 0. The largest absolute Gasteiger partial charge is 0.317 e. The normalized spacial score (nSPS) is 42.7. The number of nitrogens with zero attached hydrogens (tertiary/aromatic N) is 1. The molecule has 0 aromatic heterocycles.